The first-order chi connectivity index (χ1) is 11.8. The molecule has 0 spiro atoms. The monoisotopic (exact) mass is 325 g/mol. The van der Waals surface area contributed by atoms with E-state index in [-0.39, 0.29) is 12.1 Å². The molecule has 0 unspecified atom stereocenters. The summed E-state index contributed by atoms with van der Waals surface area (Å²) in [6.07, 6.45) is 7.74. The topological polar surface area (TPSA) is 65.4 Å². The molecule has 6 heteroatoms. The van der Waals surface area contributed by atoms with E-state index < -0.39 is 0 Å². The summed E-state index contributed by atoms with van der Waals surface area (Å²) in [7, 11) is 0. The number of aromatic nitrogens is 3. The van der Waals surface area contributed by atoms with E-state index in [4.69, 9.17) is 0 Å². The predicted molar refractivity (Wildman–Crippen MR) is 91.1 cm³/mol. The lowest BCUT2D eigenvalue weighted by molar-refractivity contribution is 0.0978. The third kappa shape index (κ3) is 3.31. The smallest absolute Gasteiger partial charge is 0.178 e. The molecule has 2 saturated heterocycles. The van der Waals surface area contributed by atoms with Gasteiger partial charge < -0.3 is 5.11 Å². The molecule has 4 rings (SSSR count). The highest BCUT2D eigenvalue weighted by Gasteiger charge is 2.36. The highest BCUT2D eigenvalue weighted by molar-refractivity contribution is 5.47. The molecule has 2 atom stereocenters. The minimum absolute atomic E-state index is 0.253. The van der Waals surface area contributed by atoms with Crippen molar-refractivity contribution in [1.82, 2.24) is 24.8 Å². The fourth-order valence-corrected chi connectivity index (χ4v) is 3.73. The van der Waals surface area contributed by atoms with Crippen molar-refractivity contribution >= 4 is 0 Å². The summed E-state index contributed by atoms with van der Waals surface area (Å²) in [6.45, 7) is 4.67. The van der Waals surface area contributed by atoms with Crippen LogP contribution in [0, 0.1) is 0 Å². The normalized spacial score (nSPS) is 25.4. The van der Waals surface area contributed by atoms with Gasteiger partial charge in [-0.25, -0.2) is 9.97 Å². The largest absolute Gasteiger partial charge is 0.390 e. The zero-order valence-corrected chi connectivity index (χ0v) is 13.8. The third-order valence-corrected chi connectivity index (χ3v) is 4.95. The number of nitrogens with zero attached hydrogens (tertiary/aromatic N) is 5. The quantitative estimate of drug-likeness (QED) is 0.911. The number of aliphatic hydroxyl groups excluding tert-OH is 1. The summed E-state index contributed by atoms with van der Waals surface area (Å²) < 4.78 is 0. The van der Waals surface area contributed by atoms with E-state index in [0.29, 0.717) is 5.82 Å². The molecule has 0 aromatic carbocycles. The van der Waals surface area contributed by atoms with Crippen LogP contribution in [0.15, 0.2) is 36.8 Å². The average molecular weight is 325 g/mol. The standard InChI is InChI=1S/C18H23N5O/c24-17-13-22(12-16(17)23-7-3-4-8-23)11-14-9-20-18(21-10-14)15-5-1-2-6-19-15/h1-2,5-6,9-10,16-17,24H,3-4,7-8,11-13H2/t16-,17-/m0/s1. The molecular formula is C18H23N5O. The highest BCUT2D eigenvalue weighted by Crippen LogP contribution is 2.22. The maximum Gasteiger partial charge on any atom is 0.178 e. The second-order valence-electron chi connectivity index (χ2n) is 6.70. The van der Waals surface area contributed by atoms with Crippen LogP contribution in [0.2, 0.25) is 0 Å². The van der Waals surface area contributed by atoms with E-state index in [1.54, 1.807) is 6.20 Å². The van der Waals surface area contributed by atoms with Gasteiger partial charge in [-0.05, 0) is 38.1 Å². The van der Waals surface area contributed by atoms with Crippen molar-refractivity contribution in [3.63, 3.8) is 0 Å². The highest BCUT2D eigenvalue weighted by atomic mass is 16.3. The predicted octanol–water partition coefficient (Wildman–Crippen LogP) is 1.18. The van der Waals surface area contributed by atoms with Crippen molar-refractivity contribution in [2.45, 2.75) is 31.5 Å². The van der Waals surface area contributed by atoms with Crippen LogP contribution in [0.25, 0.3) is 11.5 Å². The van der Waals surface area contributed by atoms with E-state index in [2.05, 4.69) is 24.8 Å². The van der Waals surface area contributed by atoms with Gasteiger partial charge in [0.1, 0.15) is 5.69 Å². The van der Waals surface area contributed by atoms with E-state index >= 15 is 0 Å². The Morgan fingerprint density at radius 3 is 2.54 bits per heavy atom. The van der Waals surface area contributed by atoms with Gasteiger partial charge >= 0.3 is 0 Å². The molecule has 6 nitrogen and oxygen atoms in total. The van der Waals surface area contributed by atoms with Crippen LogP contribution in [0.1, 0.15) is 18.4 Å². The zero-order valence-electron chi connectivity index (χ0n) is 13.8. The van der Waals surface area contributed by atoms with Gasteiger partial charge in [-0.1, -0.05) is 6.07 Å². The number of hydrogen-bond donors (Lipinski definition) is 1. The number of likely N-dealkylation sites (tertiary alicyclic amines) is 2. The number of rotatable bonds is 4. The van der Waals surface area contributed by atoms with Gasteiger partial charge in [0.25, 0.3) is 0 Å². The van der Waals surface area contributed by atoms with E-state index in [9.17, 15) is 5.11 Å². The number of aliphatic hydroxyl groups is 1. The Hall–Kier alpha value is -1.89. The van der Waals surface area contributed by atoms with Crippen LogP contribution in [-0.2, 0) is 6.54 Å². The van der Waals surface area contributed by atoms with Gasteiger partial charge in [0.15, 0.2) is 5.82 Å². The number of pyridine rings is 1. The van der Waals surface area contributed by atoms with Crippen LogP contribution in [0.5, 0.6) is 0 Å². The first kappa shape index (κ1) is 15.6. The Balaban J connectivity index is 1.39. The van der Waals surface area contributed by atoms with Crippen molar-refractivity contribution in [2.75, 3.05) is 26.2 Å². The van der Waals surface area contributed by atoms with E-state index in [1.165, 1.54) is 12.8 Å². The van der Waals surface area contributed by atoms with Crippen molar-refractivity contribution in [1.29, 1.82) is 0 Å². The summed E-state index contributed by atoms with van der Waals surface area (Å²) in [6, 6.07) is 6.00. The molecule has 0 radical (unpaired) electrons. The summed E-state index contributed by atoms with van der Waals surface area (Å²) in [5.74, 6) is 0.649. The van der Waals surface area contributed by atoms with Crippen LogP contribution in [0.4, 0.5) is 0 Å². The van der Waals surface area contributed by atoms with Crippen LogP contribution < -0.4 is 0 Å². The SMILES string of the molecule is O[C@H]1CN(Cc2cnc(-c3ccccn3)nc2)C[C@@H]1N1CCCC1. The molecule has 2 fully saturated rings. The van der Waals surface area contributed by atoms with Crippen molar-refractivity contribution in [3.05, 3.63) is 42.4 Å². The summed E-state index contributed by atoms with van der Waals surface area (Å²) in [5.41, 5.74) is 1.86. The first-order valence-corrected chi connectivity index (χ1v) is 8.66. The summed E-state index contributed by atoms with van der Waals surface area (Å²) in [4.78, 5) is 17.9. The lowest BCUT2D eigenvalue weighted by Gasteiger charge is -2.25. The van der Waals surface area contributed by atoms with Crippen molar-refractivity contribution in [3.8, 4) is 11.5 Å². The molecule has 0 aliphatic carbocycles. The fourth-order valence-electron chi connectivity index (χ4n) is 3.73. The average Bonchev–Trinajstić information content (AvgIpc) is 3.26. The Kier molecular flexibility index (Phi) is 4.51. The molecule has 1 N–H and O–H groups in total. The van der Waals surface area contributed by atoms with Gasteiger partial charge in [0.05, 0.1) is 6.10 Å². The van der Waals surface area contributed by atoms with E-state index in [0.717, 1.165) is 44.0 Å². The van der Waals surface area contributed by atoms with Crippen molar-refractivity contribution < 1.29 is 5.11 Å². The molecule has 2 aliphatic rings. The molecule has 2 aliphatic heterocycles. The maximum atomic E-state index is 10.4. The third-order valence-electron chi connectivity index (χ3n) is 4.95. The second-order valence-corrected chi connectivity index (χ2v) is 6.70. The summed E-state index contributed by atoms with van der Waals surface area (Å²) >= 11 is 0. The van der Waals surface area contributed by atoms with Gasteiger partial charge in [0.2, 0.25) is 0 Å². The minimum atomic E-state index is -0.253. The Morgan fingerprint density at radius 1 is 1.04 bits per heavy atom. The zero-order chi connectivity index (χ0) is 16.4. The second kappa shape index (κ2) is 6.93. The Bertz CT molecular complexity index is 657. The summed E-state index contributed by atoms with van der Waals surface area (Å²) in [5, 5.41) is 10.4. The molecule has 4 heterocycles. The molecule has 2 aromatic rings. The molecule has 0 saturated carbocycles. The first-order valence-electron chi connectivity index (χ1n) is 8.66. The van der Waals surface area contributed by atoms with Crippen LogP contribution in [0.3, 0.4) is 0 Å². The van der Waals surface area contributed by atoms with Gasteiger partial charge in [-0.15, -0.1) is 0 Å². The van der Waals surface area contributed by atoms with Gasteiger partial charge in [-0.3, -0.25) is 14.8 Å². The Labute approximate surface area is 142 Å². The van der Waals surface area contributed by atoms with Crippen LogP contribution >= 0.6 is 0 Å². The van der Waals surface area contributed by atoms with Gasteiger partial charge in [-0.2, -0.15) is 0 Å². The van der Waals surface area contributed by atoms with E-state index in [1.807, 2.05) is 30.6 Å². The van der Waals surface area contributed by atoms with Crippen molar-refractivity contribution in [2.24, 2.45) is 0 Å². The lowest BCUT2D eigenvalue weighted by atomic mass is 10.2. The number of hydrogen-bond acceptors (Lipinski definition) is 6. The number of β-amino-alcohol motifs (C(OH)–C–C–N with tert-alkyl or cyclic N) is 1. The Morgan fingerprint density at radius 2 is 1.83 bits per heavy atom. The molecule has 24 heavy (non-hydrogen) atoms. The van der Waals surface area contributed by atoms with Gasteiger partial charge in [0, 0.05) is 49.8 Å². The molecule has 126 valence electrons. The lowest BCUT2D eigenvalue weighted by Crippen LogP contribution is -2.41. The fraction of sp³-hybridized carbons (Fsp3) is 0.500. The molecule has 2 aromatic heterocycles. The van der Waals surface area contributed by atoms with Crippen LogP contribution in [-0.4, -0.2) is 68.2 Å². The maximum absolute atomic E-state index is 10.4. The minimum Gasteiger partial charge on any atom is -0.390 e. The molecule has 0 amide bonds. The molecular weight excluding hydrogens is 302 g/mol. The molecule has 0 bridgehead atoms.